The molecule has 0 heterocycles. The third-order valence-electron chi connectivity index (χ3n) is 3.37. The van der Waals surface area contributed by atoms with Crippen LogP contribution in [0.4, 0.5) is 5.69 Å². The van der Waals surface area contributed by atoms with E-state index in [4.69, 9.17) is 21.7 Å². The number of benzene rings is 2. The molecule has 0 amide bonds. The van der Waals surface area contributed by atoms with E-state index in [0.29, 0.717) is 11.7 Å². The van der Waals surface area contributed by atoms with Crippen molar-refractivity contribution in [2.75, 3.05) is 19.0 Å². The van der Waals surface area contributed by atoms with Crippen molar-refractivity contribution in [3.8, 4) is 11.5 Å². The van der Waals surface area contributed by atoms with E-state index in [2.05, 4.69) is 17.6 Å². The van der Waals surface area contributed by atoms with Crippen molar-refractivity contribution in [2.24, 2.45) is 0 Å². The summed E-state index contributed by atoms with van der Waals surface area (Å²) in [6, 6.07) is 15.8. The van der Waals surface area contributed by atoms with Gasteiger partial charge in [-0.25, -0.2) is 0 Å². The van der Waals surface area contributed by atoms with Gasteiger partial charge in [-0.1, -0.05) is 18.2 Å². The fourth-order valence-corrected chi connectivity index (χ4v) is 2.46. The molecule has 0 aliphatic heterocycles. The first-order valence-electron chi connectivity index (χ1n) is 7.56. The van der Waals surface area contributed by atoms with E-state index in [9.17, 15) is 0 Å². The topological polar surface area (TPSA) is 42.5 Å². The highest BCUT2D eigenvalue weighted by atomic mass is 32.1. The van der Waals surface area contributed by atoms with Crippen LogP contribution in [0.2, 0.25) is 0 Å². The maximum atomic E-state index is 5.48. The Balaban J connectivity index is 1.94. The van der Waals surface area contributed by atoms with Crippen LogP contribution in [0, 0.1) is 0 Å². The number of hydrogen-bond acceptors (Lipinski definition) is 3. The Morgan fingerprint density at radius 3 is 2.52 bits per heavy atom. The molecule has 0 fully saturated rings. The van der Waals surface area contributed by atoms with E-state index in [-0.39, 0.29) is 6.04 Å². The molecule has 23 heavy (non-hydrogen) atoms. The molecule has 5 heteroatoms. The third-order valence-corrected chi connectivity index (χ3v) is 3.59. The zero-order chi connectivity index (χ0) is 16.7. The van der Waals surface area contributed by atoms with Gasteiger partial charge in [-0.2, -0.15) is 0 Å². The smallest absolute Gasteiger partial charge is 0.171 e. The predicted octanol–water partition coefficient (Wildman–Crippen LogP) is 4.14. The molecule has 0 aliphatic carbocycles. The average Bonchev–Trinajstić information content (AvgIpc) is 2.55. The van der Waals surface area contributed by atoms with Gasteiger partial charge in [0.1, 0.15) is 11.5 Å². The van der Waals surface area contributed by atoms with E-state index in [1.165, 1.54) is 0 Å². The lowest BCUT2D eigenvalue weighted by atomic mass is 10.1. The minimum Gasteiger partial charge on any atom is -0.497 e. The van der Waals surface area contributed by atoms with Gasteiger partial charge in [0, 0.05) is 11.8 Å². The van der Waals surface area contributed by atoms with Crippen LogP contribution >= 0.6 is 12.2 Å². The number of hydrogen-bond donors (Lipinski definition) is 2. The molecule has 0 saturated carbocycles. The lowest BCUT2D eigenvalue weighted by Gasteiger charge is -2.18. The second kappa shape index (κ2) is 8.39. The molecule has 2 aromatic rings. The van der Waals surface area contributed by atoms with Crippen LogP contribution in [0.15, 0.2) is 48.5 Å². The molecular formula is C18H22N2O2S. The Kier molecular flexibility index (Phi) is 6.23. The molecule has 122 valence electrons. The summed E-state index contributed by atoms with van der Waals surface area (Å²) in [6.07, 6.45) is 0. The van der Waals surface area contributed by atoms with Gasteiger partial charge in [0.25, 0.3) is 0 Å². The lowest BCUT2D eigenvalue weighted by molar-refractivity contribution is 0.340. The number of anilines is 1. The van der Waals surface area contributed by atoms with Crippen molar-refractivity contribution in [3.63, 3.8) is 0 Å². The largest absolute Gasteiger partial charge is 0.497 e. The van der Waals surface area contributed by atoms with E-state index < -0.39 is 0 Å². The van der Waals surface area contributed by atoms with Gasteiger partial charge in [0.15, 0.2) is 5.11 Å². The Labute approximate surface area is 142 Å². The maximum Gasteiger partial charge on any atom is 0.171 e. The third kappa shape index (κ3) is 5.14. The summed E-state index contributed by atoms with van der Waals surface area (Å²) in [5.74, 6) is 1.66. The summed E-state index contributed by atoms with van der Waals surface area (Å²) >= 11 is 5.38. The Morgan fingerprint density at radius 2 is 1.87 bits per heavy atom. The fourth-order valence-electron chi connectivity index (χ4n) is 2.17. The van der Waals surface area contributed by atoms with Crippen LogP contribution < -0.4 is 20.1 Å². The molecule has 2 rings (SSSR count). The first-order valence-corrected chi connectivity index (χ1v) is 7.97. The van der Waals surface area contributed by atoms with Crippen molar-refractivity contribution >= 4 is 23.0 Å². The molecule has 4 nitrogen and oxygen atoms in total. The van der Waals surface area contributed by atoms with Crippen LogP contribution in [0.25, 0.3) is 0 Å². The molecule has 0 aliphatic rings. The highest BCUT2D eigenvalue weighted by Gasteiger charge is 2.07. The summed E-state index contributed by atoms with van der Waals surface area (Å²) in [6.45, 7) is 4.66. The van der Waals surface area contributed by atoms with E-state index in [1.807, 2.05) is 55.5 Å². The lowest BCUT2D eigenvalue weighted by Crippen LogP contribution is -2.30. The average molecular weight is 330 g/mol. The van der Waals surface area contributed by atoms with Crippen molar-refractivity contribution in [2.45, 2.75) is 19.9 Å². The van der Waals surface area contributed by atoms with Gasteiger partial charge in [0.2, 0.25) is 0 Å². The van der Waals surface area contributed by atoms with Crippen LogP contribution in [0.1, 0.15) is 25.5 Å². The first kappa shape index (κ1) is 17.1. The van der Waals surface area contributed by atoms with Gasteiger partial charge in [-0.05, 0) is 55.9 Å². The number of nitrogens with one attached hydrogen (secondary N) is 2. The number of methoxy groups -OCH3 is 1. The summed E-state index contributed by atoms with van der Waals surface area (Å²) in [5, 5.41) is 7.02. The monoisotopic (exact) mass is 330 g/mol. The predicted molar refractivity (Wildman–Crippen MR) is 98.4 cm³/mol. The summed E-state index contributed by atoms with van der Waals surface area (Å²) < 4.78 is 10.7. The molecule has 1 atom stereocenters. The van der Waals surface area contributed by atoms with Crippen molar-refractivity contribution in [3.05, 3.63) is 54.1 Å². The SMILES string of the molecule is CCOc1cccc(NC(=S)NC(C)c2ccc(OC)cc2)c1. The van der Waals surface area contributed by atoms with Gasteiger partial charge in [0.05, 0.1) is 19.8 Å². The molecule has 0 radical (unpaired) electrons. The van der Waals surface area contributed by atoms with Gasteiger partial charge in [-0.15, -0.1) is 0 Å². The van der Waals surface area contributed by atoms with Gasteiger partial charge in [-0.3, -0.25) is 0 Å². The minimum atomic E-state index is 0.0935. The highest BCUT2D eigenvalue weighted by molar-refractivity contribution is 7.80. The Morgan fingerprint density at radius 1 is 1.13 bits per heavy atom. The highest BCUT2D eigenvalue weighted by Crippen LogP contribution is 2.19. The van der Waals surface area contributed by atoms with Crippen LogP contribution in [-0.4, -0.2) is 18.8 Å². The second-order valence-electron chi connectivity index (χ2n) is 5.05. The number of ether oxygens (including phenoxy) is 2. The Bertz CT molecular complexity index is 644. The maximum absolute atomic E-state index is 5.48. The van der Waals surface area contributed by atoms with Crippen molar-refractivity contribution in [1.29, 1.82) is 0 Å². The van der Waals surface area contributed by atoms with E-state index in [1.54, 1.807) is 7.11 Å². The first-order chi connectivity index (χ1) is 11.1. The van der Waals surface area contributed by atoms with Crippen molar-refractivity contribution < 1.29 is 9.47 Å². The summed E-state index contributed by atoms with van der Waals surface area (Å²) in [5.41, 5.74) is 2.04. The van der Waals surface area contributed by atoms with Crippen LogP contribution in [0.3, 0.4) is 0 Å². The van der Waals surface area contributed by atoms with Crippen LogP contribution in [0.5, 0.6) is 11.5 Å². The standard InChI is InChI=1S/C18H22N2O2S/c1-4-22-17-7-5-6-15(12-17)20-18(23)19-13(2)14-8-10-16(21-3)11-9-14/h5-13H,4H2,1-3H3,(H2,19,20,23). The molecule has 1 unspecified atom stereocenters. The Hall–Kier alpha value is -2.27. The van der Waals surface area contributed by atoms with Crippen molar-refractivity contribution in [1.82, 2.24) is 5.32 Å². The fraction of sp³-hybridized carbons (Fsp3) is 0.278. The number of rotatable bonds is 6. The summed E-state index contributed by atoms with van der Waals surface area (Å²) in [7, 11) is 1.66. The molecular weight excluding hydrogens is 308 g/mol. The van der Waals surface area contributed by atoms with Gasteiger partial charge >= 0.3 is 0 Å². The normalized spacial score (nSPS) is 11.4. The minimum absolute atomic E-state index is 0.0935. The molecule has 2 N–H and O–H groups in total. The summed E-state index contributed by atoms with van der Waals surface area (Å²) in [4.78, 5) is 0. The van der Waals surface area contributed by atoms with Gasteiger partial charge < -0.3 is 20.1 Å². The molecule has 0 saturated heterocycles. The zero-order valence-electron chi connectivity index (χ0n) is 13.6. The molecule has 2 aromatic carbocycles. The quantitative estimate of drug-likeness (QED) is 0.779. The van der Waals surface area contributed by atoms with E-state index in [0.717, 1.165) is 22.7 Å². The molecule has 0 spiro atoms. The second-order valence-corrected chi connectivity index (χ2v) is 5.46. The molecule has 0 bridgehead atoms. The zero-order valence-corrected chi connectivity index (χ0v) is 14.4. The number of thiocarbonyl (C=S) groups is 1. The van der Waals surface area contributed by atoms with E-state index >= 15 is 0 Å². The molecule has 0 aromatic heterocycles. The van der Waals surface area contributed by atoms with Crippen LogP contribution in [-0.2, 0) is 0 Å².